The summed E-state index contributed by atoms with van der Waals surface area (Å²) in [5.41, 5.74) is 5.63. The third-order valence-electron chi connectivity index (χ3n) is 3.56. The Balaban J connectivity index is 0.00000117. The van der Waals surface area contributed by atoms with Crippen molar-refractivity contribution < 1.29 is 17.2 Å². The van der Waals surface area contributed by atoms with Crippen molar-refractivity contribution in [3.8, 4) is 11.5 Å². The van der Waals surface area contributed by atoms with Crippen LogP contribution < -0.4 is 11.1 Å². The summed E-state index contributed by atoms with van der Waals surface area (Å²) in [4.78, 5) is 4.23. The monoisotopic (exact) mass is 377 g/mol. The number of anilines is 1. The van der Waals surface area contributed by atoms with Gasteiger partial charge >= 0.3 is 0 Å². The molecule has 138 valence electrons. The molecule has 1 aromatic heterocycles. The standard InChI is InChI=1S/C17H15FN2O3S.CH5N/c1-11-8-9-12(18)10-14(11)15-20-17(16(19-2)23-15)24(21,22)13-6-4-3-5-7-13;1-2/h3-10,19H,1-2H3;2H2,1H3. The van der Waals surface area contributed by atoms with E-state index in [9.17, 15) is 12.8 Å². The summed E-state index contributed by atoms with van der Waals surface area (Å²) in [7, 11) is -0.819. The van der Waals surface area contributed by atoms with E-state index in [4.69, 9.17) is 4.42 Å². The van der Waals surface area contributed by atoms with E-state index < -0.39 is 15.7 Å². The van der Waals surface area contributed by atoms with Gasteiger partial charge in [0.2, 0.25) is 26.6 Å². The molecule has 0 aliphatic carbocycles. The van der Waals surface area contributed by atoms with Gasteiger partial charge in [0.1, 0.15) is 5.82 Å². The highest BCUT2D eigenvalue weighted by atomic mass is 32.2. The lowest BCUT2D eigenvalue weighted by molar-refractivity contribution is 0.578. The molecule has 0 amide bonds. The number of aryl methyl sites for hydroxylation is 1. The molecule has 0 saturated heterocycles. The molecule has 3 aromatic rings. The van der Waals surface area contributed by atoms with Crippen LogP contribution >= 0.6 is 0 Å². The molecular weight excluding hydrogens is 357 g/mol. The van der Waals surface area contributed by atoms with Crippen molar-refractivity contribution in [3.05, 3.63) is 59.9 Å². The summed E-state index contributed by atoms with van der Waals surface area (Å²) in [5, 5.41) is 2.47. The number of nitrogens with one attached hydrogen (secondary N) is 1. The smallest absolute Gasteiger partial charge is 0.233 e. The van der Waals surface area contributed by atoms with Gasteiger partial charge in [-0.3, -0.25) is 0 Å². The molecule has 3 rings (SSSR count). The maximum absolute atomic E-state index is 13.5. The molecule has 26 heavy (non-hydrogen) atoms. The normalized spacial score (nSPS) is 10.8. The topological polar surface area (TPSA) is 98.2 Å². The predicted molar refractivity (Wildman–Crippen MR) is 98.2 cm³/mol. The Morgan fingerprint density at radius 3 is 2.38 bits per heavy atom. The summed E-state index contributed by atoms with van der Waals surface area (Å²) in [5.74, 6) is -0.393. The van der Waals surface area contributed by atoms with Crippen molar-refractivity contribution in [2.45, 2.75) is 16.8 Å². The molecule has 0 atom stereocenters. The lowest BCUT2D eigenvalue weighted by Gasteiger charge is -2.02. The van der Waals surface area contributed by atoms with Crippen LogP contribution in [0.25, 0.3) is 11.5 Å². The Labute approximate surface area is 151 Å². The van der Waals surface area contributed by atoms with Gasteiger partial charge in [-0.25, -0.2) is 12.8 Å². The van der Waals surface area contributed by atoms with Crippen molar-refractivity contribution in [2.24, 2.45) is 5.73 Å². The predicted octanol–water partition coefficient (Wildman–Crippen LogP) is 3.24. The molecule has 0 aliphatic rings. The van der Waals surface area contributed by atoms with E-state index >= 15 is 0 Å². The van der Waals surface area contributed by atoms with Crippen molar-refractivity contribution in [1.29, 1.82) is 0 Å². The molecule has 0 fully saturated rings. The molecule has 8 heteroatoms. The van der Waals surface area contributed by atoms with Crippen LogP contribution in [0.1, 0.15) is 5.56 Å². The number of hydrogen-bond donors (Lipinski definition) is 2. The summed E-state index contributed by atoms with van der Waals surface area (Å²) < 4.78 is 44.6. The van der Waals surface area contributed by atoms with Crippen LogP contribution in [0, 0.1) is 12.7 Å². The number of sulfone groups is 1. The van der Waals surface area contributed by atoms with Crippen LogP contribution in [0.5, 0.6) is 0 Å². The van der Waals surface area contributed by atoms with Crippen LogP contribution in [0.2, 0.25) is 0 Å². The van der Waals surface area contributed by atoms with Crippen LogP contribution in [0.15, 0.2) is 62.9 Å². The lowest BCUT2D eigenvalue weighted by Crippen LogP contribution is -2.05. The summed E-state index contributed by atoms with van der Waals surface area (Å²) in [6.45, 7) is 1.77. The summed E-state index contributed by atoms with van der Waals surface area (Å²) in [6, 6.07) is 12.1. The minimum absolute atomic E-state index is 0.0116. The SMILES string of the molecule is CN.CNc1oc(-c2cc(F)ccc2C)nc1S(=O)(=O)c1ccccc1. The van der Waals surface area contributed by atoms with Crippen molar-refractivity contribution in [2.75, 3.05) is 19.4 Å². The van der Waals surface area contributed by atoms with Crippen molar-refractivity contribution >= 4 is 15.7 Å². The van der Waals surface area contributed by atoms with E-state index in [2.05, 4.69) is 16.0 Å². The molecule has 0 bridgehead atoms. The molecule has 6 nitrogen and oxygen atoms in total. The average Bonchev–Trinajstić information content (AvgIpc) is 3.11. The number of rotatable bonds is 4. The highest BCUT2D eigenvalue weighted by molar-refractivity contribution is 7.91. The number of aromatic nitrogens is 1. The van der Waals surface area contributed by atoms with Gasteiger partial charge < -0.3 is 15.5 Å². The highest BCUT2D eigenvalue weighted by Crippen LogP contribution is 2.33. The maximum atomic E-state index is 13.5. The van der Waals surface area contributed by atoms with Crippen LogP contribution in [0.3, 0.4) is 0 Å². The lowest BCUT2D eigenvalue weighted by atomic mass is 10.1. The van der Waals surface area contributed by atoms with E-state index in [0.717, 1.165) is 5.56 Å². The summed E-state index contributed by atoms with van der Waals surface area (Å²) in [6.07, 6.45) is 0. The number of nitrogens with two attached hydrogens (primary N) is 1. The van der Waals surface area contributed by atoms with Gasteiger partial charge in [0.25, 0.3) is 0 Å². The molecule has 0 radical (unpaired) electrons. The minimum Gasteiger partial charge on any atom is -0.419 e. The Morgan fingerprint density at radius 1 is 1.12 bits per heavy atom. The fourth-order valence-electron chi connectivity index (χ4n) is 2.30. The molecule has 1 heterocycles. The van der Waals surface area contributed by atoms with Gasteiger partial charge in [-0.2, -0.15) is 4.98 Å². The van der Waals surface area contributed by atoms with Crippen LogP contribution in [0.4, 0.5) is 10.3 Å². The van der Waals surface area contributed by atoms with E-state index in [1.165, 1.54) is 38.4 Å². The first-order chi connectivity index (χ1) is 12.4. The zero-order chi connectivity index (χ0) is 19.3. The second kappa shape index (κ2) is 8.11. The van der Waals surface area contributed by atoms with Crippen LogP contribution in [-0.4, -0.2) is 27.5 Å². The summed E-state index contributed by atoms with van der Waals surface area (Å²) >= 11 is 0. The third kappa shape index (κ3) is 3.76. The van der Waals surface area contributed by atoms with Gasteiger partial charge in [-0.05, 0) is 43.8 Å². The van der Waals surface area contributed by atoms with Crippen molar-refractivity contribution in [3.63, 3.8) is 0 Å². The first-order valence-corrected chi connectivity index (χ1v) is 9.25. The average molecular weight is 377 g/mol. The number of benzene rings is 2. The van der Waals surface area contributed by atoms with Crippen LogP contribution in [-0.2, 0) is 9.84 Å². The Hall–Kier alpha value is -2.71. The second-order valence-corrected chi connectivity index (χ2v) is 7.04. The first kappa shape index (κ1) is 19.6. The van der Waals surface area contributed by atoms with Gasteiger partial charge in [0.05, 0.1) is 4.90 Å². The maximum Gasteiger partial charge on any atom is 0.233 e. The van der Waals surface area contributed by atoms with Gasteiger partial charge in [0.15, 0.2) is 0 Å². The molecular formula is C18H20FN3O3S. The van der Waals surface area contributed by atoms with Crippen molar-refractivity contribution in [1.82, 2.24) is 4.98 Å². The van der Waals surface area contributed by atoms with E-state index in [1.54, 1.807) is 31.2 Å². The first-order valence-electron chi connectivity index (χ1n) is 7.76. The number of nitrogens with zero attached hydrogens (tertiary/aromatic N) is 1. The Bertz CT molecular complexity index is 986. The Kier molecular flexibility index (Phi) is 6.12. The second-order valence-electron chi connectivity index (χ2n) is 5.18. The minimum atomic E-state index is -3.85. The van der Waals surface area contributed by atoms with Gasteiger partial charge in [0, 0.05) is 12.6 Å². The molecule has 0 saturated carbocycles. The van der Waals surface area contributed by atoms with Gasteiger partial charge in [-0.1, -0.05) is 24.3 Å². The van der Waals surface area contributed by atoms with E-state index in [0.29, 0.717) is 5.56 Å². The quantitative estimate of drug-likeness (QED) is 0.724. The molecule has 0 aliphatic heterocycles. The number of halogens is 1. The van der Waals surface area contributed by atoms with Gasteiger partial charge in [-0.15, -0.1) is 0 Å². The number of oxazole rings is 1. The highest BCUT2D eigenvalue weighted by Gasteiger charge is 2.28. The third-order valence-corrected chi connectivity index (χ3v) is 5.24. The molecule has 0 unspecified atom stereocenters. The molecule has 3 N–H and O–H groups in total. The Morgan fingerprint density at radius 2 is 1.77 bits per heavy atom. The van der Waals surface area contributed by atoms with E-state index in [-0.39, 0.29) is 21.7 Å². The van der Waals surface area contributed by atoms with E-state index in [1.807, 2.05) is 0 Å². The molecule has 2 aromatic carbocycles. The largest absolute Gasteiger partial charge is 0.419 e. The number of hydrogen-bond acceptors (Lipinski definition) is 6. The zero-order valence-electron chi connectivity index (χ0n) is 14.7. The molecule has 0 spiro atoms. The fraction of sp³-hybridized carbons (Fsp3) is 0.167. The fourth-order valence-corrected chi connectivity index (χ4v) is 3.63. The zero-order valence-corrected chi connectivity index (χ0v) is 15.5.